The van der Waals surface area contributed by atoms with Crippen molar-refractivity contribution < 1.29 is 0 Å². The van der Waals surface area contributed by atoms with Crippen LogP contribution in [0.1, 0.15) is 11.1 Å². The summed E-state index contributed by atoms with van der Waals surface area (Å²) in [5.41, 5.74) is 4.10. The van der Waals surface area contributed by atoms with Crippen LogP contribution in [0.5, 0.6) is 0 Å². The first-order valence-corrected chi connectivity index (χ1v) is 11.6. The van der Waals surface area contributed by atoms with Crippen LogP contribution in [0.3, 0.4) is 0 Å². The fraction of sp³-hybridized carbons (Fsp3) is 0.0333. The van der Waals surface area contributed by atoms with Crippen LogP contribution in [0.25, 0.3) is 27.4 Å². The minimum atomic E-state index is -1.04. The molecule has 0 bridgehead atoms. The first kappa shape index (κ1) is 19.7. The van der Waals surface area contributed by atoms with Crippen molar-refractivity contribution in [1.29, 1.82) is 0 Å². The molecule has 1 aliphatic heterocycles. The Balaban J connectivity index is 1.54. The summed E-state index contributed by atoms with van der Waals surface area (Å²) in [6.07, 6.45) is 2.02. The number of benzene rings is 4. The Morgan fingerprint density at radius 1 is 0.714 bits per heavy atom. The van der Waals surface area contributed by atoms with Crippen LogP contribution in [0, 0.1) is 0 Å². The second-order valence-corrected chi connectivity index (χ2v) is 8.73. The van der Waals surface area contributed by atoms with Crippen LogP contribution in [-0.4, -0.2) is 9.97 Å². The normalized spacial score (nSPS) is 17.3. The largest absolute Gasteiger partial charge is 0.361 e. The third kappa shape index (κ3) is 3.05. The minimum Gasteiger partial charge on any atom is -0.361 e. The second-order valence-electron chi connectivity index (χ2n) is 8.73. The quantitative estimate of drug-likeness (QED) is 0.303. The van der Waals surface area contributed by atoms with Crippen molar-refractivity contribution in [2.75, 3.05) is 0 Å². The molecule has 4 aromatic carbocycles. The summed E-state index contributed by atoms with van der Waals surface area (Å²) in [5, 5.41) is 14.0. The van der Waals surface area contributed by atoms with Crippen molar-refractivity contribution in [3.63, 3.8) is 0 Å². The third-order valence-corrected chi connectivity index (χ3v) is 6.65. The summed E-state index contributed by atoms with van der Waals surface area (Å²) in [5.74, 6) is 0.698. The van der Waals surface area contributed by atoms with Gasteiger partial charge in [0.05, 0.1) is 5.36 Å². The van der Waals surface area contributed by atoms with E-state index in [0.717, 1.165) is 49.1 Å². The summed E-state index contributed by atoms with van der Waals surface area (Å²) in [6, 6.07) is 37.1. The van der Waals surface area contributed by atoms with E-state index in [9.17, 15) is 0 Å². The number of para-hydroxylation sites is 3. The Morgan fingerprint density at radius 3 is 2.34 bits per heavy atom. The number of hydrogen-bond acceptors (Lipinski definition) is 3. The summed E-state index contributed by atoms with van der Waals surface area (Å²) in [4.78, 5) is 12.1. The molecule has 0 saturated heterocycles. The molecule has 1 aliphatic rings. The van der Waals surface area contributed by atoms with E-state index in [1.807, 2.05) is 60.8 Å². The van der Waals surface area contributed by atoms with Crippen LogP contribution in [-0.2, 0) is 5.66 Å². The lowest BCUT2D eigenvalue weighted by molar-refractivity contribution is 0.585. The maximum atomic E-state index is 5.27. The molecule has 166 valence electrons. The first-order valence-electron chi connectivity index (χ1n) is 11.6. The molecule has 2 N–H and O–H groups in total. The maximum absolute atomic E-state index is 5.27. The summed E-state index contributed by atoms with van der Waals surface area (Å²) < 4.78 is 0. The number of nitrogens with one attached hydrogen (secondary N) is 2. The fourth-order valence-electron chi connectivity index (χ4n) is 5.08. The predicted octanol–water partition coefficient (Wildman–Crippen LogP) is 6.12. The van der Waals surface area contributed by atoms with Crippen molar-refractivity contribution in [2.45, 2.75) is 5.66 Å². The lowest BCUT2D eigenvalue weighted by Crippen LogP contribution is -2.25. The number of H-pyrrole nitrogens is 2. The molecule has 0 saturated carbocycles. The van der Waals surface area contributed by atoms with Crippen molar-refractivity contribution >= 4 is 33.2 Å². The standard InChI is InChI=1S/C30H21N5/c1-2-10-20(11-3-1)29-23-14-6-9-17-27(23)33-30(29,24-19-31-26-16-8-5-13-22(24)26)35-34-28-18-21-12-4-7-15-25(21)32-28/h1-19,31-32H. The van der Waals surface area contributed by atoms with Crippen LogP contribution in [0.15, 0.2) is 131 Å². The molecule has 0 aliphatic carbocycles. The highest BCUT2D eigenvalue weighted by Crippen LogP contribution is 2.44. The zero-order valence-corrected chi connectivity index (χ0v) is 18.8. The first-order chi connectivity index (χ1) is 17.3. The Labute approximate surface area is 201 Å². The summed E-state index contributed by atoms with van der Waals surface area (Å²) >= 11 is 0. The van der Waals surface area contributed by atoms with Gasteiger partial charge in [-0.25, -0.2) is 4.99 Å². The molecular weight excluding hydrogens is 430 g/mol. The molecule has 1 unspecified atom stereocenters. The zero-order valence-electron chi connectivity index (χ0n) is 18.8. The Bertz CT molecular complexity index is 1830. The summed E-state index contributed by atoms with van der Waals surface area (Å²) in [7, 11) is 0. The predicted molar refractivity (Wildman–Crippen MR) is 139 cm³/mol. The SMILES string of the molecule is c1ccc(C2=c3ccccc3=NC2(N=Nc2cc3ccccc3[nH]2)c2c[nH]c3ccccc23)cc1. The smallest absolute Gasteiger partial charge is 0.225 e. The molecule has 3 heterocycles. The average molecular weight is 452 g/mol. The number of aromatic amines is 2. The molecule has 2 aromatic heterocycles. The zero-order chi connectivity index (χ0) is 23.2. The Kier molecular flexibility index (Phi) is 4.29. The molecule has 7 rings (SSSR count). The topological polar surface area (TPSA) is 68.7 Å². The van der Waals surface area contributed by atoms with Gasteiger partial charge >= 0.3 is 0 Å². The average Bonchev–Trinajstić information content (AvgIpc) is 3.61. The van der Waals surface area contributed by atoms with Gasteiger partial charge in [-0.1, -0.05) is 84.9 Å². The molecular formula is C30H21N5. The van der Waals surface area contributed by atoms with E-state index in [0.29, 0.717) is 5.82 Å². The Hall–Kier alpha value is -4.77. The number of hydrogen-bond donors (Lipinski definition) is 2. The van der Waals surface area contributed by atoms with E-state index < -0.39 is 5.66 Å². The van der Waals surface area contributed by atoms with E-state index in [1.165, 1.54) is 0 Å². The lowest BCUT2D eigenvalue weighted by atomic mass is 9.87. The van der Waals surface area contributed by atoms with Crippen molar-refractivity contribution in [1.82, 2.24) is 9.97 Å². The van der Waals surface area contributed by atoms with E-state index in [4.69, 9.17) is 15.2 Å². The molecule has 0 radical (unpaired) electrons. The van der Waals surface area contributed by atoms with E-state index in [-0.39, 0.29) is 0 Å². The van der Waals surface area contributed by atoms with Gasteiger partial charge in [-0.05, 0) is 29.8 Å². The Morgan fingerprint density at radius 2 is 1.46 bits per heavy atom. The molecule has 0 amide bonds. The lowest BCUT2D eigenvalue weighted by Gasteiger charge is -2.25. The fourth-order valence-corrected chi connectivity index (χ4v) is 5.08. The highest BCUT2D eigenvalue weighted by atomic mass is 15.3. The van der Waals surface area contributed by atoms with Crippen molar-refractivity contribution in [3.8, 4) is 0 Å². The van der Waals surface area contributed by atoms with Crippen molar-refractivity contribution in [2.24, 2.45) is 15.2 Å². The molecule has 5 heteroatoms. The van der Waals surface area contributed by atoms with Gasteiger partial charge in [0, 0.05) is 44.4 Å². The molecule has 1 atom stereocenters. The summed E-state index contributed by atoms with van der Waals surface area (Å²) in [6.45, 7) is 0. The van der Waals surface area contributed by atoms with Gasteiger partial charge in [-0.15, -0.1) is 10.2 Å². The molecule has 6 aromatic rings. The highest BCUT2D eigenvalue weighted by Gasteiger charge is 2.42. The number of fused-ring (bicyclic) bond motifs is 3. The second kappa shape index (κ2) is 7.64. The maximum Gasteiger partial charge on any atom is 0.225 e. The van der Waals surface area contributed by atoms with Crippen LogP contribution >= 0.6 is 0 Å². The number of rotatable bonds is 4. The van der Waals surface area contributed by atoms with Gasteiger partial charge in [0.2, 0.25) is 5.66 Å². The van der Waals surface area contributed by atoms with Gasteiger partial charge in [0.15, 0.2) is 5.82 Å². The monoisotopic (exact) mass is 451 g/mol. The highest BCUT2D eigenvalue weighted by molar-refractivity contribution is 5.89. The van der Waals surface area contributed by atoms with Crippen molar-refractivity contribution in [3.05, 3.63) is 137 Å². The van der Waals surface area contributed by atoms with Crippen LogP contribution < -0.4 is 10.6 Å². The van der Waals surface area contributed by atoms with E-state index in [1.54, 1.807) is 0 Å². The minimum absolute atomic E-state index is 0.698. The molecule has 0 fully saturated rings. The third-order valence-electron chi connectivity index (χ3n) is 6.65. The van der Waals surface area contributed by atoms with Gasteiger partial charge in [0.25, 0.3) is 0 Å². The molecule has 5 nitrogen and oxygen atoms in total. The number of azo groups is 1. The molecule has 0 spiro atoms. The number of aromatic nitrogens is 2. The van der Waals surface area contributed by atoms with Gasteiger partial charge in [-0.3, -0.25) is 0 Å². The van der Waals surface area contributed by atoms with Crippen LogP contribution in [0.4, 0.5) is 5.82 Å². The number of nitrogens with zero attached hydrogens (tertiary/aromatic N) is 3. The van der Waals surface area contributed by atoms with Crippen LogP contribution in [0.2, 0.25) is 0 Å². The van der Waals surface area contributed by atoms with Gasteiger partial charge in [0.1, 0.15) is 0 Å². The van der Waals surface area contributed by atoms with E-state index in [2.05, 4.69) is 64.6 Å². The van der Waals surface area contributed by atoms with E-state index >= 15 is 0 Å². The van der Waals surface area contributed by atoms with Gasteiger partial charge in [-0.2, -0.15) is 0 Å². The molecule has 35 heavy (non-hydrogen) atoms. The van der Waals surface area contributed by atoms with Gasteiger partial charge < -0.3 is 9.97 Å².